The molecule has 55 heavy (non-hydrogen) atoms. The number of aromatic nitrogens is 3. The Bertz CT molecular complexity index is 2250. The minimum absolute atomic E-state index is 0.341. The summed E-state index contributed by atoms with van der Waals surface area (Å²) in [6.07, 6.45) is 8.39. The van der Waals surface area contributed by atoms with E-state index in [0.717, 1.165) is 62.2 Å². The van der Waals surface area contributed by atoms with Gasteiger partial charge in [0.1, 0.15) is 0 Å². The highest BCUT2D eigenvalue weighted by molar-refractivity contribution is 6.62. The highest BCUT2D eigenvalue weighted by Gasteiger charge is 2.52. The number of rotatable bonds is 7. The third-order valence-electron chi connectivity index (χ3n) is 13.5. The van der Waals surface area contributed by atoms with E-state index in [1.807, 2.05) is 0 Å². The minimum atomic E-state index is -0.437. The molecule has 5 nitrogen and oxygen atoms in total. The lowest BCUT2D eigenvalue weighted by atomic mass is 9.48. The summed E-state index contributed by atoms with van der Waals surface area (Å²) < 4.78 is 12.7. The second kappa shape index (κ2) is 13.1. The molecule has 0 spiro atoms. The summed E-state index contributed by atoms with van der Waals surface area (Å²) >= 11 is 0. The molecule has 0 amide bonds. The Hall–Kier alpha value is -4.91. The van der Waals surface area contributed by atoms with Crippen molar-refractivity contribution in [1.82, 2.24) is 15.0 Å². The maximum absolute atomic E-state index is 6.37. The smallest absolute Gasteiger partial charge is 0.399 e. The maximum Gasteiger partial charge on any atom is 0.494 e. The Morgan fingerprint density at radius 1 is 0.455 bits per heavy atom. The lowest BCUT2D eigenvalue weighted by Gasteiger charge is -2.57. The zero-order chi connectivity index (χ0) is 37.4. The van der Waals surface area contributed by atoms with Crippen LogP contribution in [0, 0.1) is 17.8 Å². The van der Waals surface area contributed by atoms with Crippen molar-refractivity contribution in [2.75, 3.05) is 0 Å². The number of nitrogens with zero attached hydrogens (tertiary/aromatic N) is 3. The molecule has 0 unspecified atom stereocenters. The van der Waals surface area contributed by atoms with Gasteiger partial charge in [0.2, 0.25) is 0 Å². The molecule has 5 aromatic carbocycles. The third kappa shape index (κ3) is 6.34. The average molecular weight is 722 g/mol. The normalized spacial score (nSPS) is 24.7. The molecule has 1 saturated heterocycles. The average Bonchev–Trinajstić information content (AvgIpc) is 3.43. The van der Waals surface area contributed by atoms with Gasteiger partial charge in [0.15, 0.2) is 17.5 Å². The molecular formula is C49H48BN3O2. The molecule has 6 heteroatoms. The van der Waals surface area contributed by atoms with Gasteiger partial charge in [-0.05, 0) is 141 Å². The second-order valence-electron chi connectivity index (χ2n) is 17.8. The van der Waals surface area contributed by atoms with Crippen molar-refractivity contribution >= 4 is 12.6 Å². The lowest BCUT2D eigenvalue weighted by Crippen LogP contribution is -2.48. The summed E-state index contributed by atoms with van der Waals surface area (Å²) in [7, 11) is -0.437. The molecule has 1 aromatic heterocycles. The van der Waals surface area contributed by atoms with Crippen LogP contribution >= 0.6 is 0 Å². The Kier molecular flexibility index (Phi) is 8.24. The van der Waals surface area contributed by atoms with E-state index in [-0.39, 0.29) is 0 Å². The van der Waals surface area contributed by atoms with Crippen molar-refractivity contribution in [2.45, 2.75) is 82.8 Å². The maximum atomic E-state index is 6.37. The first-order valence-corrected chi connectivity index (χ1v) is 20.2. The molecule has 4 saturated carbocycles. The Morgan fingerprint density at radius 3 is 1.31 bits per heavy atom. The number of hydrogen-bond acceptors (Lipinski definition) is 5. The minimum Gasteiger partial charge on any atom is -0.399 e. The zero-order valence-electron chi connectivity index (χ0n) is 32.3. The highest BCUT2D eigenvalue weighted by Crippen LogP contribution is 2.60. The third-order valence-corrected chi connectivity index (χ3v) is 13.5. The van der Waals surface area contributed by atoms with Crippen LogP contribution in [0.25, 0.3) is 56.4 Å². The van der Waals surface area contributed by atoms with E-state index >= 15 is 0 Å². The van der Waals surface area contributed by atoms with Gasteiger partial charge in [-0.2, -0.15) is 0 Å². The molecular weight excluding hydrogens is 673 g/mol. The van der Waals surface area contributed by atoms with Gasteiger partial charge in [-0.1, -0.05) is 109 Å². The predicted molar refractivity (Wildman–Crippen MR) is 223 cm³/mol. The standard InChI is InChI=1S/C49H48BN3O2/c1-47(2)48(3,4)55-50(54-47)43-21-17-38(18-22-43)45-51-44(37-15-19-42(20-16-37)49-29-32-23-33(30-49)25-34(24-32)31-49)52-46(53-45)41-27-39(35-11-7-5-8-12-35)26-40(28-41)36-13-9-6-10-14-36/h5-22,26-28,32-34H,23-25,29-31H2,1-4H3/t32-,33+,34-,49?. The van der Waals surface area contributed by atoms with Crippen LogP contribution in [0.3, 0.4) is 0 Å². The molecule has 0 N–H and O–H groups in total. The van der Waals surface area contributed by atoms with Crippen LogP contribution in [0.1, 0.15) is 71.8 Å². The van der Waals surface area contributed by atoms with Gasteiger partial charge in [-0.25, -0.2) is 15.0 Å². The van der Waals surface area contributed by atoms with Crippen molar-refractivity contribution in [3.05, 3.63) is 133 Å². The van der Waals surface area contributed by atoms with Crippen LogP contribution in [0.5, 0.6) is 0 Å². The van der Waals surface area contributed by atoms with Crippen LogP contribution < -0.4 is 5.46 Å². The molecule has 0 radical (unpaired) electrons. The summed E-state index contributed by atoms with van der Waals surface area (Å²) in [4.78, 5) is 15.6. The lowest BCUT2D eigenvalue weighted by molar-refractivity contribution is -0.00518. The van der Waals surface area contributed by atoms with Crippen molar-refractivity contribution < 1.29 is 9.31 Å². The fraction of sp³-hybridized carbons (Fsp3) is 0.327. The highest BCUT2D eigenvalue weighted by atomic mass is 16.7. The first kappa shape index (κ1) is 34.6. The van der Waals surface area contributed by atoms with Gasteiger partial charge in [0, 0.05) is 16.7 Å². The fourth-order valence-electron chi connectivity index (χ4n) is 10.3. The second-order valence-corrected chi connectivity index (χ2v) is 17.8. The van der Waals surface area contributed by atoms with E-state index in [1.165, 1.54) is 44.1 Å². The molecule has 6 aromatic rings. The first-order valence-electron chi connectivity index (χ1n) is 20.2. The Morgan fingerprint density at radius 2 is 0.855 bits per heavy atom. The number of hydrogen-bond donors (Lipinski definition) is 0. The van der Waals surface area contributed by atoms with Gasteiger partial charge >= 0.3 is 7.12 Å². The molecule has 4 aliphatic carbocycles. The van der Waals surface area contributed by atoms with Crippen LogP contribution in [0.4, 0.5) is 0 Å². The van der Waals surface area contributed by atoms with E-state index in [9.17, 15) is 0 Å². The predicted octanol–water partition coefficient (Wildman–Crippen LogP) is 11.0. The van der Waals surface area contributed by atoms with Crippen LogP contribution in [0.2, 0.25) is 0 Å². The Labute approximate surface area is 325 Å². The summed E-state index contributed by atoms with van der Waals surface area (Å²) in [6.45, 7) is 8.34. The van der Waals surface area contributed by atoms with Gasteiger partial charge in [-0.3, -0.25) is 0 Å². The summed E-state index contributed by atoms with van der Waals surface area (Å²) in [5, 5.41) is 0. The first-order chi connectivity index (χ1) is 26.6. The molecule has 5 aliphatic rings. The number of benzene rings is 5. The summed E-state index contributed by atoms with van der Waals surface area (Å²) in [6, 6.07) is 45.4. The van der Waals surface area contributed by atoms with Crippen LogP contribution in [-0.4, -0.2) is 33.3 Å². The summed E-state index contributed by atoms with van der Waals surface area (Å²) in [5.74, 6) is 4.68. The quantitative estimate of drug-likeness (QED) is 0.154. The van der Waals surface area contributed by atoms with Gasteiger partial charge in [0.05, 0.1) is 11.2 Å². The van der Waals surface area contributed by atoms with Crippen LogP contribution in [-0.2, 0) is 14.7 Å². The van der Waals surface area contributed by atoms with Crippen molar-refractivity contribution in [3.63, 3.8) is 0 Å². The monoisotopic (exact) mass is 721 g/mol. The fourth-order valence-corrected chi connectivity index (χ4v) is 10.3. The van der Waals surface area contributed by atoms with Gasteiger partial charge < -0.3 is 9.31 Å². The molecule has 1 aliphatic heterocycles. The van der Waals surface area contributed by atoms with E-state index in [1.54, 1.807) is 0 Å². The van der Waals surface area contributed by atoms with Crippen LogP contribution in [0.15, 0.2) is 127 Å². The molecule has 2 heterocycles. The van der Waals surface area contributed by atoms with E-state index < -0.39 is 18.3 Å². The van der Waals surface area contributed by atoms with Gasteiger partial charge in [0.25, 0.3) is 0 Å². The largest absolute Gasteiger partial charge is 0.494 e. The van der Waals surface area contributed by atoms with Gasteiger partial charge in [-0.15, -0.1) is 0 Å². The van der Waals surface area contributed by atoms with E-state index in [4.69, 9.17) is 24.3 Å². The van der Waals surface area contributed by atoms with Crippen molar-refractivity contribution in [1.29, 1.82) is 0 Å². The molecule has 4 bridgehead atoms. The molecule has 5 fully saturated rings. The molecule has 0 atom stereocenters. The van der Waals surface area contributed by atoms with E-state index in [2.05, 4.69) is 155 Å². The zero-order valence-corrected chi connectivity index (χ0v) is 32.3. The molecule has 11 rings (SSSR count). The topological polar surface area (TPSA) is 57.1 Å². The van der Waals surface area contributed by atoms with Crippen molar-refractivity contribution in [2.24, 2.45) is 17.8 Å². The van der Waals surface area contributed by atoms with E-state index in [0.29, 0.717) is 22.9 Å². The van der Waals surface area contributed by atoms with Crippen molar-refractivity contribution in [3.8, 4) is 56.4 Å². The SMILES string of the molecule is CC1(C)OB(c2ccc(-c3nc(-c4ccc(C56C[C@H]7C[C@@H](C5)C[C@@H](C6)C7)cc4)nc(-c4cc(-c5ccccc5)cc(-c5ccccc5)c4)n3)cc2)OC1(C)C. The summed E-state index contributed by atoms with van der Waals surface area (Å²) in [5.41, 5.74) is 9.40. The molecule has 274 valence electrons. The Balaban J connectivity index is 1.07.